The molecule has 5 N–H and O–H groups in total. The van der Waals surface area contributed by atoms with E-state index in [-0.39, 0.29) is 42.8 Å². The second kappa shape index (κ2) is 14.0. The lowest BCUT2D eigenvalue weighted by Crippen LogP contribution is -2.04. The van der Waals surface area contributed by atoms with E-state index in [1.165, 1.54) is 0 Å². The minimum atomic E-state index is -0.131. The van der Waals surface area contributed by atoms with Crippen LogP contribution in [-0.2, 0) is 55.3 Å². The van der Waals surface area contributed by atoms with Gasteiger partial charge in [-0.3, -0.25) is 0 Å². The van der Waals surface area contributed by atoms with Gasteiger partial charge in [0.1, 0.15) is 23.0 Å². The third kappa shape index (κ3) is 7.49. The molecule has 0 aliphatic rings. The second-order valence-electron chi connectivity index (χ2n) is 11.3. The molecule has 228 valence electrons. The summed E-state index contributed by atoms with van der Waals surface area (Å²) in [6, 6.07) is 14.7. The SMILES string of the molecule is CCc1c(COCc2ccc(O)c(C)c2)cc(Cc2cc(C)c(O)c(COCc3cc(CO)cc(C)c3O)c2)c(O)c1C. The zero-order chi connectivity index (χ0) is 31.3. The molecule has 0 spiro atoms. The van der Waals surface area contributed by atoms with Crippen molar-refractivity contribution < 1.29 is 35.0 Å². The Kier molecular flexibility index (Phi) is 10.3. The number of benzene rings is 4. The molecule has 0 aliphatic carbocycles. The van der Waals surface area contributed by atoms with Gasteiger partial charge in [-0.25, -0.2) is 0 Å². The topological polar surface area (TPSA) is 120 Å². The largest absolute Gasteiger partial charge is 0.508 e. The molecular weight excluding hydrogens is 544 g/mol. The lowest BCUT2D eigenvalue weighted by molar-refractivity contribution is 0.103. The van der Waals surface area contributed by atoms with Gasteiger partial charge in [0.2, 0.25) is 0 Å². The van der Waals surface area contributed by atoms with Crippen LogP contribution in [0, 0.1) is 27.7 Å². The van der Waals surface area contributed by atoms with Gasteiger partial charge >= 0.3 is 0 Å². The average molecular weight is 587 g/mol. The van der Waals surface area contributed by atoms with E-state index in [9.17, 15) is 25.5 Å². The Bertz CT molecular complexity index is 1610. The molecule has 0 heterocycles. The van der Waals surface area contributed by atoms with Gasteiger partial charge in [0.15, 0.2) is 0 Å². The standard InChI is InChI=1S/C36H42O7/c1-6-32-24(5)36(41)28(15-29(32)18-42-17-25-7-8-33(38)21(2)9-25)12-26-10-22(3)34(39)30(13-26)19-43-20-31-14-27(16-37)11-23(4)35(31)40/h7-11,13-15,37-41H,6,12,16-20H2,1-5H3. The Morgan fingerprint density at radius 3 is 1.72 bits per heavy atom. The quantitative estimate of drug-likeness (QED) is 0.124. The molecule has 0 unspecified atom stereocenters. The molecule has 0 atom stereocenters. The third-order valence-electron chi connectivity index (χ3n) is 7.96. The number of hydrogen-bond acceptors (Lipinski definition) is 7. The Morgan fingerprint density at radius 2 is 1.12 bits per heavy atom. The van der Waals surface area contributed by atoms with E-state index in [0.29, 0.717) is 47.5 Å². The van der Waals surface area contributed by atoms with Gasteiger partial charge in [0.25, 0.3) is 0 Å². The minimum absolute atomic E-state index is 0.120. The normalized spacial score (nSPS) is 11.3. The summed E-state index contributed by atoms with van der Waals surface area (Å²) >= 11 is 0. The van der Waals surface area contributed by atoms with Crippen LogP contribution in [0.1, 0.15) is 73.7 Å². The number of aliphatic hydroxyl groups is 1. The van der Waals surface area contributed by atoms with Crippen molar-refractivity contribution >= 4 is 0 Å². The maximum absolute atomic E-state index is 11.1. The summed E-state index contributed by atoms with van der Waals surface area (Å²) in [4.78, 5) is 0. The van der Waals surface area contributed by atoms with Crippen molar-refractivity contribution in [2.45, 2.75) is 80.5 Å². The van der Waals surface area contributed by atoms with Crippen LogP contribution in [0.15, 0.2) is 48.5 Å². The van der Waals surface area contributed by atoms with Crippen LogP contribution in [0.2, 0.25) is 0 Å². The number of aliphatic hydroxyl groups excluding tert-OH is 1. The van der Waals surface area contributed by atoms with Crippen LogP contribution >= 0.6 is 0 Å². The first kappa shape index (κ1) is 31.9. The van der Waals surface area contributed by atoms with Gasteiger partial charge in [0.05, 0.1) is 33.0 Å². The fourth-order valence-corrected chi connectivity index (χ4v) is 5.60. The van der Waals surface area contributed by atoms with E-state index < -0.39 is 0 Å². The summed E-state index contributed by atoms with van der Waals surface area (Å²) in [5.41, 5.74) is 9.61. The molecule has 4 rings (SSSR count). The van der Waals surface area contributed by atoms with E-state index in [1.54, 1.807) is 25.1 Å². The molecule has 0 amide bonds. The summed E-state index contributed by atoms with van der Waals surface area (Å²) in [6.45, 7) is 10.3. The van der Waals surface area contributed by atoms with Gasteiger partial charge in [0, 0.05) is 17.5 Å². The summed E-state index contributed by atoms with van der Waals surface area (Å²) < 4.78 is 12.0. The average Bonchev–Trinajstić information content (AvgIpc) is 2.98. The van der Waals surface area contributed by atoms with Gasteiger partial charge in [-0.15, -0.1) is 0 Å². The number of hydrogen-bond donors (Lipinski definition) is 5. The number of aromatic hydroxyl groups is 4. The Hall–Kier alpha value is -4.04. The molecule has 0 fully saturated rings. The zero-order valence-corrected chi connectivity index (χ0v) is 25.6. The summed E-state index contributed by atoms with van der Waals surface area (Å²) in [5, 5.41) is 51.6. The lowest BCUT2D eigenvalue weighted by Gasteiger charge is -2.18. The van der Waals surface area contributed by atoms with Crippen LogP contribution in [0.3, 0.4) is 0 Å². The number of rotatable bonds is 12. The highest BCUT2D eigenvalue weighted by Gasteiger charge is 2.16. The Labute approximate surface area is 253 Å². The smallest absolute Gasteiger partial charge is 0.124 e. The molecule has 7 nitrogen and oxygen atoms in total. The van der Waals surface area contributed by atoms with Crippen molar-refractivity contribution in [1.82, 2.24) is 0 Å². The monoisotopic (exact) mass is 586 g/mol. The fourth-order valence-electron chi connectivity index (χ4n) is 5.60. The maximum atomic E-state index is 11.1. The molecule has 0 saturated carbocycles. The van der Waals surface area contributed by atoms with E-state index in [1.807, 2.05) is 51.1 Å². The van der Waals surface area contributed by atoms with E-state index in [2.05, 4.69) is 6.92 Å². The van der Waals surface area contributed by atoms with Crippen molar-refractivity contribution in [2.75, 3.05) is 0 Å². The van der Waals surface area contributed by atoms with E-state index in [4.69, 9.17) is 9.47 Å². The van der Waals surface area contributed by atoms with Crippen molar-refractivity contribution in [2.24, 2.45) is 0 Å². The molecule has 7 heteroatoms. The highest BCUT2D eigenvalue weighted by atomic mass is 16.5. The van der Waals surface area contributed by atoms with Crippen LogP contribution < -0.4 is 0 Å². The van der Waals surface area contributed by atoms with Crippen molar-refractivity contribution in [3.05, 3.63) is 115 Å². The highest BCUT2D eigenvalue weighted by Crippen LogP contribution is 2.34. The predicted molar refractivity (Wildman–Crippen MR) is 166 cm³/mol. The first-order valence-corrected chi connectivity index (χ1v) is 14.5. The first-order chi connectivity index (χ1) is 20.5. The van der Waals surface area contributed by atoms with Crippen molar-refractivity contribution in [1.29, 1.82) is 0 Å². The van der Waals surface area contributed by atoms with Crippen LogP contribution in [0.25, 0.3) is 0 Å². The third-order valence-corrected chi connectivity index (χ3v) is 7.96. The molecule has 43 heavy (non-hydrogen) atoms. The van der Waals surface area contributed by atoms with E-state index in [0.717, 1.165) is 45.4 Å². The van der Waals surface area contributed by atoms with Gasteiger partial charge < -0.3 is 35.0 Å². The maximum Gasteiger partial charge on any atom is 0.124 e. The molecule has 0 aliphatic heterocycles. The van der Waals surface area contributed by atoms with Crippen molar-refractivity contribution in [3.8, 4) is 23.0 Å². The number of phenolic OH excluding ortho intramolecular Hbond substituents is 4. The second-order valence-corrected chi connectivity index (χ2v) is 11.3. The summed E-state index contributed by atoms with van der Waals surface area (Å²) in [6.07, 6.45) is 1.21. The van der Waals surface area contributed by atoms with Crippen molar-refractivity contribution in [3.63, 3.8) is 0 Å². The highest BCUT2D eigenvalue weighted by molar-refractivity contribution is 5.52. The Morgan fingerprint density at radius 1 is 0.558 bits per heavy atom. The molecule has 0 bridgehead atoms. The molecule has 4 aromatic rings. The molecule has 0 saturated heterocycles. The Balaban J connectivity index is 1.51. The van der Waals surface area contributed by atoms with Crippen LogP contribution in [0.5, 0.6) is 23.0 Å². The number of ether oxygens (including phenoxy) is 2. The van der Waals surface area contributed by atoms with Gasteiger partial charge in [-0.2, -0.15) is 0 Å². The molecule has 0 aromatic heterocycles. The number of aryl methyl sites for hydroxylation is 3. The van der Waals surface area contributed by atoms with Gasteiger partial charge in [-0.1, -0.05) is 31.2 Å². The fraction of sp³-hybridized carbons (Fsp3) is 0.333. The first-order valence-electron chi connectivity index (χ1n) is 14.5. The van der Waals surface area contributed by atoms with Crippen LogP contribution in [0.4, 0.5) is 0 Å². The van der Waals surface area contributed by atoms with Gasteiger partial charge in [-0.05, 0) is 114 Å². The zero-order valence-electron chi connectivity index (χ0n) is 25.6. The predicted octanol–water partition coefficient (Wildman–Crippen LogP) is 6.82. The molecular formula is C36H42O7. The minimum Gasteiger partial charge on any atom is -0.508 e. The molecule has 0 radical (unpaired) electrons. The summed E-state index contributed by atoms with van der Waals surface area (Å²) in [5.74, 6) is 0.796. The summed E-state index contributed by atoms with van der Waals surface area (Å²) in [7, 11) is 0. The van der Waals surface area contributed by atoms with E-state index >= 15 is 0 Å². The molecule has 4 aromatic carbocycles. The number of phenols is 4. The lowest BCUT2D eigenvalue weighted by atomic mass is 9.92. The van der Waals surface area contributed by atoms with Crippen LogP contribution in [-0.4, -0.2) is 25.5 Å².